The van der Waals surface area contributed by atoms with Crippen molar-refractivity contribution in [2.24, 2.45) is 0 Å². The fraction of sp³-hybridized carbons (Fsp3) is 0.409. The molecule has 2 aromatic rings. The van der Waals surface area contributed by atoms with Gasteiger partial charge in [-0.3, -0.25) is 14.6 Å². The normalized spacial score (nSPS) is 19.0. The number of fused-ring (bicyclic) bond motifs is 2. The van der Waals surface area contributed by atoms with Gasteiger partial charge in [-0.2, -0.15) is 0 Å². The third-order valence-corrected chi connectivity index (χ3v) is 5.82. The van der Waals surface area contributed by atoms with Gasteiger partial charge in [-0.1, -0.05) is 6.07 Å². The van der Waals surface area contributed by atoms with Crippen LogP contribution in [0.25, 0.3) is 0 Å². The van der Waals surface area contributed by atoms with Gasteiger partial charge in [0.25, 0.3) is 0 Å². The molecule has 158 valence electrons. The number of hydrogen-bond donors (Lipinski definition) is 1. The monoisotopic (exact) mass is 411 g/mol. The van der Waals surface area contributed by atoms with E-state index in [0.29, 0.717) is 18.3 Å². The Morgan fingerprint density at radius 3 is 2.27 bits per heavy atom. The van der Waals surface area contributed by atoms with Gasteiger partial charge in [0.05, 0.1) is 6.04 Å². The lowest BCUT2D eigenvalue weighted by Crippen LogP contribution is -2.52. The number of carbonyl (C=O) groups is 1. The van der Waals surface area contributed by atoms with Gasteiger partial charge in [0.15, 0.2) is 23.0 Å². The zero-order valence-corrected chi connectivity index (χ0v) is 16.9. The highest BCUT2D eigenvalue weighted by Crippen LogP contribution is 2.34. The Morgan fingerprint density at radius 1 is 0.900 bits per heavy atom. The highest BCUT2D eigenvalue weighted by atomic mass is 16.7. The lowest BCUT2D eigenvalue weighted by molar-refractivity contribution is -0.121. The predicted molar refractivity (Wildman–Crippen MR) is 110 cm³/mol. The first kappa shape index (κ1) is 19.0. The smallest absolute Gasteiger partial charge is 0.241 e. The van der Waals surface area contributed by atoms with E-state index in [1.54, 1.807) is 6.07 Å². The average molecular weight is 411 g/mol. The van der Waals surface area contributed by atoms with Crippen LogP contribution < -0.4 is 24.3 Å². The van der Waals surface area contributed by atoms with Gasteiger partial charge < -0.3 is 24.3 Å². The van der Waals surface area contributed by atoms with E-state index < -0.39 is 0 Å². The van der Waals surface area contributed by atoms with Crippen LogP contribution in [0.15, 0.2) is 36.4 Å². The van der Waals surface area contributed by atoms with Crippen LogP contribution in [0, 0.1) is 0 Å². The van der Waals surface area contributed by atoms with E-state index in [1.165, 1.54) is 5.56 Å². The molecule has 8 nitrogen and oxygen atoms in total. The molecule has 0 unspecified atom stereocenters. The van der Waals surface area contributed by atoms with E-state index in [1.807, 2.05) is 25.1 Å². The summed E-state index contributed by atoms with van der Waals surface area (Å²) in [5.41, 5.74) is 1.93. The molecule has 30 heavy (non-hydrogen) atoms. The Labute approximate surface area is 175 Å². The second kappa shape index (κ2) is 8.04. The van der Waals surface area contributed by atoms with Crippen molar-refractivity contribution in [1.82, 2.24) is 9.80 Å². The van der Waals surface area contributed by atoms with Crippen LogP contribution >= 0.6 is 0 Å². The van der Waals surface area contributed by atoms with Gasteiger partial charge in [0.1, 0.15) is 0 Å². The quantitative estimate of drug-likeness (QED) is 0.809. The number of ether oxygens (including phenoxy) is 4. The molecule has 1 atom stereocenters. The molecule has 1 N–H and O–H groups in total. The minimum atomic E-state index is -0.205. The number of amides is 1. The molecule has 8 heteroatoms. The molecule has 5 rings (SSSR count). The zero-order chi connectivity index (χ0) is 20.5. The number of rotatable bonds is 5. The molecule has 1 saturated heterocycles. The van der Waals surface area contributed by atoms with Crippen LogP contribution in [0.4, 0.5) is 5.69 Å². The van der Waals surface area contributed by atoms with E-state index in [-0.39, 0.29) is 18.7 Å². The van der Waals surface area contributed by atoms with Gasteiger partial charge in [-0.15, -0.1) is 0 Å². The SMILES string of the molecule is C[C@@H](C(=O)Nc1ccc2c(c1)OCO2)N1CCN(Cc2ccc3c(c2)OCO3)CC1. The van der Waals surface area contributed by atoms with Crippen molar-refractivity contribution >= 4 is 11.6 Å². The first-order valence-corrected chi connectivity index (χ1v) is 10.2. The third kappa shape index (κ3) is 3.88. The van der Waals surface area contributed by atoms with Crippen LogP contribution in [0.2, 0.25) is 0 Å². The number of nitrogens with zero attached hydrogens (tertiary/aromatic N) is 2. The van der Waals surface area contributed by atoms with E-state index in [2.05, 4.69) is 27.2 Å². The molecule has 0 saturated carbocycles. The summed E-state index contributed by atoms with van der Waals surface area (Å²) in [4.78, 5) is 17.3. The molecule has 0 aliphatic carbocycles. The predicted octanol–water partition coefficient (Wildman–Crippen LogP) is 2.29. The molecule has 0 aromatic heterocycles. The summed E-state index contributed by atoms with van der Waals surface area (Å²) in [6.45, 7) is 6.86. The van der Waals surface area contributed by atoms with E-state index in [9.17, 15) is 4.79 Å². The van der Waals surface area contributed by atoms with Gasteiger partial charge in [0, 0.05) is 44.5 Å². The van der Waals surface area contributed by atoms with Crippen molar-refractivity contribution in [3.63, 3.8) is 0 Å². The fourth-order valence-corrected chi connectivity index (χ4v) is 3.99. The van der Waals surface area contributed by atoms with Gasteiger partial charge in [-0.05, 0) is 36.8 Å². The third-order valence-electron chi connectivity index (χ3n) is 5.82. The molecular weight excluding hydrogens is 386 g/mol. The summed E-state index contributed by atoms with van der Waals surface area (Å²) in [6, 6.07) is 11.4. The van der Waals surface area contributed by atoms with Crippen molar-refractivity contribution in [1.29, 1.82) is 0 Å². The standard InChI is InChI=1S/C22H25N3O5/c1-15(22(26)23-17-3-5-19-21(11-17)30-14-28-19)25-8-6-24(7-9-25)12-16-2-4-18-20(10-16)29-13-27-18/h2-5,10-11,15H,6-9,12-14H2,1H3,(H,23,26)/t15-/m0/s1. The first-order chi connectivity index (χ1) is 14.7. The second-order valence-electron chi connectivity index (χ2n) is 7.73. The summed E-state index contributed by atoms with van der Waals surface area (Å²) >= 11 is 0. The topological polar surface area (TPSA) is 72.5 Å². The van der Waals surface area contributed by atoms with Crippen molar-refractivity contribution < 1.29 is 23.7 Å². The molecule has 3 heterocycles. The molecule has 0 spiro atoms. The van der Waals surface area contributed by atoms with Crippen LogP contribution in [0.5, 0.6) is 23.0 Å². The summed E-state index contributed by atoms with van der Waals surface area (Å²) < 4.78 is 21.5. The van der Waals surface area contributed by atoms with Gasteiger partial charge in [0.2, 0.25) is 19.5 Å². The Bertz CT molecular complexity index is 942. The largest absolute Gasteiger partial charge is 0.454 e. The fourth-order valence-electron chi connectivity index (χ4n) is 3.99. The number of hydrogen-bond acceptors (Lipinski definition) is 7. The second-order valence-corrected chi connectivity index (χ2v) is 7.73. The van der Waals surface area contributed by atoms with Crippen molar-refractivity contribution in [3.8, 4) is 23.0 Å². The molecular formula is C22H25N3O5. The highest BCUT2D eigenvalue weighted by molar-refractivity contribution is 5.94. The number of benzene rings is 2. The molecule has 1 amide bonds. The zero-order valence-electron chi connectivity index (χ0n) is 16.9. The molecule has 0 bridgehead atoms. The summed E-state index contributed by atoms with van der Waals surface area (Å²) in [7, 11) is 0. The molecule has 0 radical (unpaired) electrons. The number of piperazine rings is 1. The van der Waals surface area contributed by atoms with Crippen molar-refractivity contribution in [2.45, 2.75) is 19.5 Å². The molecule has 3 aliphatic heterocycles. The number of anilines is 1. The van der Waals surface area contributed by atoms with Crippen LogP contribution in [0.1, 0.15) is 12.5 Å². The van der Waals surface area contributed by atoms with Gasteiger partial charge in [-0.25, -0.2) is 0 Å². The Hall–Kier alpha value is -2.97. The maximum atomic E-state index is 12.7. The van der Waals surface area contributed by atoms with E-state index >= 15 is 0 Å². The summed E-state index contributed by atoms with van der Waals surface area (Å²) in [5.74, 6) is 2.99. The first-order valence-electron chi connectivity index (χ1n) is 10.2. The van der Waals surface area contributed by atoms with Crippen molar-refractivity contribution in [2.75, 3.05) is 45.1 Å². The average Bonchev–Trinajstić information content (AvgIpc) is 3.42. The van der Waals surface area contributed by atoms with Crippen molar-refractivity contribution in [3.05, 3.63) is 42.0 Å². The lowest BCUT2D eigenvalue weighted by Gasteiger charge is -2.37. The summed E-state index contributed by atoms with van der Waals surface area (Å²) in [6.07, 6.45) is 0. The van der Waals surface area contributed by atoms with E-state index in [0.717, 1.165) is 49.9 Å². The maximum Gasteiger partial charge on any atom is 0.241 e. The minimum absolute atomic E-state index is 0.0157. The van der Waals surface area contributed by atoms with Crippen LogP contribution in [0.3, 0.4) is 0 Å². The molecule has 2 aromatic carbocycles. The Morgan fingerprint density at radius 2 is 1.53 bits per heavy atom. The summed E-state index contributed by atoms with van der Waals surface area (Å²) in [5, 5.41) is 2.99. The Kier molecular flexibility index (Phi) is 5.10. The molecule has 3 aliphatic rings. The van der Waals surface area contributed by atoms with Crippen LogP contribution in [-0.2, 0) is 11.3 Å². The molecule has 1 fully saturated rings. The highest BCUT2D eigenvalue weighted by Gasteiger charge is 2.26. The van der Waals surface area contributed by atoms with E-state index in [4.69, 9.17) is 18.9 Å². The Balaban J connectivity index is 1.13. The maximum absolute atomic E-state index is 12.7. The number of carbonyl (C=O) groups excluding carboxylic acids is 1. The minimum Gasteiger partial charge on any atom is -0.454 e. The van der Waals surface area contributed by atoms with Crippen LogP contribution in [-0.4, -0.2) is 61.5 Å². The number of nitrogens with one attached hydrogen (secondary N) is 1. The lowest BCUT2D eigenvalue weighted by atomic mass is 10.1. The van der Waals surface area contributed by atoms with Gasteiger partial charge >= 0.3 is 0 Å².